The van der Waals surface area contributed by atoms with Crippen molar-refractivity contribution < 1.29 is 17.9 Å². The maximum absolute atomic E-state index is 13.6. The Hall–Kier alpha value is -3.29. The van der Waals surface area contributed by atoms with E-state index in [-0.39, 0.29) is 17.9 Å². The molecular weight excluding hydrogens is 393 g/mol. The first kappa shape index (κ1) is 20.0. The highest BCUT2D eigenvalue weighted by atomic mass is 19.4. The summed E-state index contributed by atoms with van der Waals surface area (Å²) in [5.41, 5.74) is 0.157. The molecule has 0 radical (unpaired) electrons. The molecule has 2 aromatic carbocycles. The second-order valence-corrected chi connectivity index (χ2v) is 7.09. The molecule has 4 rings (SSSR count). The van der Waals surface area contributed by atoms with Crippen LogP contribution in [-0.2, 0) is 6.18 Å². The smallest absolute Gasteiger partial charge is 0.421 e. The van der Waals surface area contributed by atoms with Crippen LogP contribution < -0.4 is 15.4 Å². The van der Waals surface area contributed by atoms with Crippen LogP contribution in [0.2, 0.25) is 0 Å². The topological polar surface area (TPSA) is 59.1 Å². The van der Waals surface area contributed by atoms with Gasteiger partial charge in [-0.3, -0.25) is 0 Å². The molecule has 0 bridgehead atoms. The van der Waals surface area contributed by atoms with Crippen molar-refractivity contribution in [2.45, 2.75) is 38.0 Å². The van der Waals surface area contributed by atoms with Gasteiger partial charge in [0.25, 0.3) is 0 Å². The molecule has 3 aromatic rings. The van der Waals surface area contributed by atoms with E-state index in [1.54, 1.807) is 36.4 Å². The van der Waals surface area contributed by atoms with Crippen molar-refractivity contribution in [2.75, 3.05) is 10.6 Å². The van der Waals surface area contributed by atoms with Gasteiger partial charge in [-0.15, -0.1) is 0 Å². The molecule has 1 saturated carbocycles. The van der Waals surface area contributed by atoms with E-state index in [2.05, 4.69) is 20.6 Å². The minimum absolute atomic E-state index is 0.0610. The van der Waals surface area contributed by atoms with Crippen LogP contribution in [0.1, 0.15) is 31.2 Å². The van der Waals surface area contributed by atoms with Crippen LogP contribution in [0.25, 0.3) is 0 Å². The third-order valence-electron chi connectivity index (χ3n) is 4.86. The molecule has 1 aromatic heterocycles. The fourth-order valence-corrected chi connectivity index (χ4v) is 3.38. The maximum atomic E-state index is 13.6. The highest BCUT2D eigenvalue weighted by Crippen LogP contribution is 2.37. The summed E-state index contributed by atoms with van der Waals surface area (Å²) in [5, 5.41) is 5.73. The van der Waals surface area contributed by atoms with Crippen molar-refractivity contribution in [3.8, 4) is 5.75 Å². The third-order valence-corrected chi connectivity index (χ3v) is 4.86. The molecule has 0 saturated heterocycles. The van der Waals surface area contributed by atoms with Crippen molar-refractivity contribution in [3.63, 3.8) is 0 Å². The van der Waals surface area contributed by atoms with E-state index in [0.29, 0.717) is 17.1 Å². The second kappa shape index (κ2) is 8.61. The number of hydrogen-bond donors (Lipinski definition) is 2. The number of aromatic nitrogens is 2. The van der Waals surface area contributed by atoms with Crippen LogP contribution in [0.4, 0.5) is 36.3 Å². The number of hydrogen-bond acceptors (Lipinski definition) is 5. The van der Waals surface area contributed by atoms with Crippen molar-refractivity contribution in [1.29, 1.82) is 0 Å². The number of para-hydroxylation sites is 3. The first-order valence-corrected chi connectivity index (χ1v) is 9.78. The van der Waals surface area contributed by atoms with Gasteiger partial charge < -0.3 is 15.4 Å². The molecule has 1 aliphatic rings. The van der Waals surface area contributed by atoms with Crippen LogP contribution >= 0.6 is 0 Å². The molecule has 156 valence electrons. The van der Waals surface area contributed by atoms with Crippen molar-refractivity contribution in [3.05, 3.63) is 66.4 Å². The number of benzene rings is 2. The summed E-state index contributed by atoms with van der Waals surface area (Å²) >= 11 is 0. The minimum Gasteiger partial charge on any atom is -0.488 e. The zero-order chi connectivity index (χ0) is 21.0. The van der Waals surface area contributed by atoms with Gasteiger partial charge >= 0.3 is 6.18 Å². The maximum Gasteiger partial charge on any atom is 0.421 e. The quantitative estimate of drug-likeness (QED) is 0.495. The van der Waals surface area contributed by atoms with Crippen LogP contribution in [0.15, 0.2) is 60.8 Å². The molecule has 30 heavy (non-hydrogen) atoms. The summed E-state index contributed by atoms with van der Waals surface area (Å²) < 4.78 is 46.7. The normalized spacial score (nSPS) is 14.5. The Morgan fingerprint density at radius 2 is 1.60 bits per heavy atom. The zero-order valence-electron chi connectivity index (χ0n) is 16.1. The van der Waals surface area contributed by atoms with Gasteiger partial charge in [-0.25, -0.2) is 4.98 Å². The van der Waals surface area contributed by atoms with E-state index in [1.807, 2.05) is 18.2 Å². The Balaban J connectivity index is 1.64. The van der Waals surface area contributed by atoms with E-state index < -0.39 is 11.7 Å². The zero-order valence-corrected chi connectivity index (χ0v) is 16.1. The largest absolute Gasteiger partial charge is 0.488 e. The van der Waals surface area contributed by atoms with Gasteiger partial charge in [-0.1, -0.05) is 30.3 Å². The van der Waals surface area contributed by atoms with E-state index in [0.717, 1.165) is 31.9 Å². The Bertz CT molecular complexity index is 989. The molecule has 0 unspecified atom stereocenters. The molecule has 1 heterocycles. The molecule has 1 aliphatic carbocycles. The molecule has 0 amide bonds. The van der Waals surface area contributed by atoms with Gasteiger partial charge in [0.2, 0.25) is 5.95 Å². The van der Waals surface area contributed by atoms with Crippen LogP contribution in [0.3, 0.4) is 0 Å². The van der Waals surface area contributed by atoms with Crippen molar-refractivity contribution in [2.24, 2.45) is 0 Å². The lowest BCUT2D eigenvalue weighted by Gasteiger charge is -2.19. The number of nitrogens with one attached hydrogen (secondary N) is 2. The second-order valence-electron chi connectivity index (χ2n) is 7.09. The fraction of sp³-hybridized carbons (Fsp3) is 0.273. The Kier molecular flexibility index (Phi) is 5.74. The fourth-order valence-electron chi connectivity index (χ4n) is 3.38. The van der Waals surface area contributed by atoms with Crippen molar-refractivity contribution >= 4 is 23.1 Å². The number of anilines is 4. The van der Waals surface area contributed by atoms with Gasteiger partial charge in [-0.05, 0) is 49.9 Å². The lowest BCUT2D eigenvalue weighted by Crippen LogP contribution is -2.14. The first-order valence-electron chi connectivity index (χ1n) is 9.78. The summed E-state index contributed by atoms with van der Waals surface area (Å²) in [6, 6.07) is 16.0. The molecule has 0 spiro atoms. The molecule has 2 N–H and O–H groups in total. The predicted octanol–water partition coefficient (Wildman–Crippen LogP) is 6.30. The summed E-state index contributed by atoms with van der Waals surface area (Å²) in [4.78, 5) is 7.93. The molecule has 1 fully saturated rings. The van der Waals surface area contributed by atoms with Crippen LogP contribution in [-0.4, -0.2) is 16.1 Å². The van der Waals surface area contributed by atoms with Gasteiger partial charge in [0, 0.05) is 11.9 Å². The van der Waals surface area contributed by atoms with E-state index in [9.17, 15) is 13.2 Å². The SMILES string of the molecule is FC(F)(F)c1cnc(Nc2ccccc2)nc1Nc1ccccc1OC1CCCC1. The van der Waals surface area contributed by atoms with Gasteiger partial charge in [-0.2, -0.15) is 18.2 Å². The van der Waals surface area contributed by atoms with Gasteiger partial charge in [0.1, 0.15) is 17.1 Å². The van der Waals surface area contributed by atoms with E-state index in [1.165, 1.54) is 0 Å². The average Bonchev–Trinajstić information content (AvgIpc) is 3.23. The predicted molar refractivity (Wildman–Crippen MR) is 109 cm³/mol. The molecular formula is C22H21F3N4O. The highest BCUT2D eigenvalue weighted by Gasteiger charge is 2.35. The van der Waals surface area contributed by atoms with Gasteiger partial charge in [0.05, 0.1) is 11.8 Å². The van der Waals surface area contributed by atoms with Crippen LogP contribution in [0.5, 0.6) is 5.75 Å². The number of nitrogens with zero attached hydrogens (tertiary/aromatic N) is 2. The Morgan fingerprint density at radius 3 is 2.33 bits per heavy atom. The standard InChI is InChI=1S/C22H21F3N4O/c23-22(24,25)17-14-26-21(27-15-8-2-1-3-9-15)29-20(17)28-18-12-6-7-13-19(18)30-16-10-4-5-11-16/h1-3,6-9,12-14,16H,4-5,10-11H2,(H2,26,27,28,29). The van der Waals surface area contributed by atoms with Crippen molar-refractivity contribution in [1.82, 2.24) is 9.97 Å². The minimum atomic E-state index is -4.60. The lowest BCUT2D eigenvalue weighted by molar-refractivity contribution is -0.137. The first-order chi connectivity index (χ1) is 14.5. The van der Waals surface area contributed by atoms with Crippen LogP contribution in [0, 0.1) is 0 Å². The number of ether oxygens (including phenoxy) is 1. The third kappa shape index (κ3) is 4.82. The number of alkyl halides is 3. The lowest BCUT2D eigenvalue weighted by atomic mass is 10.2. The molecule has 0 aliphatic heterocycles. The summed E-state index contributed by atoms with van der Waals surface area (Å²) in [7, 11) is 0. The van der Waals surface area contributed by atoms with Gasteiger partial charge in [0.15, 0.2) is 0 Å². The Labute approximate surface area is 172 Å². The number of halogens is 3. The monoisotopic (exact) mass is 414 g/mol. The summed E-state index contributed by atoms with van der Waals surface area (Å²) in [6.45, 7) is 0. The number of rotatable bonds is 6. The Morgan fingerprint density at radius 1 is 0.900 bits per heavy atom. The summed E-state index contributed by atoms with van der Waals surface area (Å²) in [5.74, 6) is 0.234. The highest BCUT2D eigenvalue weighted by molar-refractivity contribution is 5.67. The average molecular weight is 414 g/mol. The van der Waals surface area contributed by atoms with E-state index >= 15 is 0 Å². The molecule has 0 atom stereocenters. The molecule has 8 heteroatoms. The molecule has 5 nitrogen and oxygen atoms in total. The summed E-state index contributed by atoms with van der Waals surface area (Å²) in [6.07, 6.45) is 0.339. The van der Waals surface area contributed by atoms with E-state index in [4.69, 9.17) is 4.74 Å².